The van der Waals surface area contributed by atoms with Crippen LogP contribution in [0.15, 0.2) is 24.3 Å². The molecule has 0 aromatic rings. The highest BCUT2D eigenvalue weighted by Gasteiger charge is 2.51. The third-order valence-corrected chi connectivity index (χ3v) is 14.9. The summed E-state index contributed by atoms with van der Waals surface area (Å²) in [5.41, 5.74) is 0. The van der Waals surface area contributed by atoms with Crippen LogP contribution in [0.5, 0.6) is 0 Å². The molecule has 2 rings (SSSR count). The molecule has 12 unspecified atom stereocenters. The van der Waals surface area contributed by atoms with Crippen molar-refractivity contribution in [3.05, 3.63) is 24.3 Å². The predicted octanol–water partition coefficient (Wildman–Crippen LogP) is 10.1. The lowest BCUT2D eigenvalue weighted by Crippen LogP contribution is -2.65. The molecule has 2 heterocycles. The van der Waals surface area contributed by atoms with Crippen molar-refractivity contribution < 1.29 is 64.6 Å². The highest BCUT2D eigenvalue weighted by atomic mass is 16.7. The minimum absolute atomic E-state index is 0.250. The van der Waals surface area contributed by atoms with Crippen molar-refractivity contribution in [3.8, 4) is 0 Å². The number of aliphatic hydroxyl groups excluding tert-OH is 8. The van der Waals surface area contributed by atoms with E-state index in [0.717, 1.165) is 64.2 Å². The topological polar surface area (TPSA) is 228 Å². The van der Waals surface area contributed by atoms with E-state index in [9.17, 15) is 45.6 Å². The molecule has 73 heavy (non-hydrogen) atoms. The normalized spacial score (nSPS) is 25.5. The molecule has 2 aliphatic heterocycles. The number of nitrogens with one attached hydrogen (secondary N) is 1. The summed E-state index contributed by atoms with van der Waals surface area (Å²) in [4.78, 5) is 13.2. The van der Waals surface area contributed by atoms with E-state index in [1.165, 1.54) is 161 Å². The summed E-state index contributed by atoms with van der Waals surface area (Å²) >= 11 is 0. The van der Waals surface area contributed by atoms with Gasteiger partial charge in [-0.05, 0) is 38.5 Å². The molecule has 2 aliphatic rings. The van der Waals surface area contributed by atoms with Crippen LogP contribution in [0.2, 0.25) is 0 Å². The van der Waals surface area contributed by atoms with Crippen molar-refractivity contribution in [2.45, 2.75) is 325 Å². The van der Waals surface area contributed by atoms with Crippen LogP contribution in [0.1, 0.15) is 251 Å². The zero-order valence-corrected chi connectivity index (χ0v) is 46.1. The minimum Gasteiger partial charge on any atom is -0.394 e. The second-order valence-corrected chi connectivity index (χ2v) is 21.5. The van der Waals surface area contributed by atoms with Gasteiger partial charge in [0.15, 0.2) is 12.6 Å². The zero-order chi connectivity index (χ0) is 53.2. The molecule has 2 saturated heterocycles. The van der Waals surface area contributed by atoms with Crippen molar-refractivity contribution in [2.24, 2.45) is 0 Å². The molecule has 0 radical (unpaired) electrons. The Bertz CT molecular complexity index is 1320. The molecule has 0 aromatic heterocycles. The molecule has 12 atom stereocenters. The summed E-state index contributed by atoms with van der Waals surface area (Å²) in [5, 5.41) is 86.9. The lowest BCUT2D eigenvalue weighted by atomic mass is 9.97. The van der Waals surface area contributed by atoms with Crippen LogP contribution in [-0.2, 0) is 23.7 Å². The van der Waals surface area contributed by atoms with Gasteiger partial charge in [0.05, 0.1) is 32.0 Å². The molecule has 9 N–H and O–H groups in total. The molecule has 0 bridgehead atoms. The van der Waals surface area contributed by atoms with Gasteiger partial charge in [-0.3, -0.25) is 4.79 Å². The van der Waals surface area contributed by atoms with Crippen LogP contribution in [0, 0.1) is 0 Å². The first kappa shape index (κ1) is 67.6. The number of carbonyl (C=O) groups excluding carboxylic acids is 1. The standard InChI is InChI=1S/C59H111NO13/c1-3-5-7-9-11-13-15-16-17-18-19-20-21-22-23-24-25-26-27-28-29-30-31-32-33-34-36-38-40-42-48(63)47(60-51(64)43-41-39-37-35-14-12-10-8-6-4-2)46-70-58-56(69)54(67)57(50(45-62)72-58)73-59-55(68)53(66)52(65)49(44-61)71-59/h8,10,40,42,47-50,52-59,61-63,65-69H,3-7,9,11-39,41,43-46H2,1-2H3,(H,60,64)/b10-8-,42-40+. The van der Waals surface area contributed by atoms with Gasteiger partial charge < -0.3 is 65.1 Å². The molecule has 0 spiro atoms. The number of ether oxygens (including phenoxy) is 4. The molecular formula is C59H111NO13. The number of unbranched alkanes of at least 4 members (excludes halogenated alkanes) is 33. The Kier molecular flexibility index (Phi) is 42.1. The van der Waals surface area contributed by atoms with Crippen LogP contribution in [0.3, 0.4) is 0 Å². The molecule has 0 aromatic carbocycles. The van der Waals surface area contributed by atoms with Crippen LogP contribution in [-0.4, -0.2) is 140 Å². The molecular weight excluding hydrogens is 931 g/mol. The Labute approximate surface area is 443 Å². The monoisotopic (exact) mass is 1040 g/mol. The first-order valence-corrected chi connectivity index (χ1v) is 30.1. The first-order valence-electron chi connectivity index (χ1n) is 30.1. The maximum atomic E-state index is 13.2. The average Bonchev–Trinajstić information content (AvgIpc) is 3.39. The Balaban J connectivity index is 1.67. The summed E-state index contributed by atoms with van der Waals surface area (Å²) in [6, 6.07) is -0.916. The van der Waals surface area contributed by atoms with Crippen LogP contribution in [0.25, 0.3) is 0 Å². The molecule has 2 fully saturated rings. The van der Waals surface area contributed by atoms with E-state index in [1.807, 2.05) is 6.08 Å². The average molecular weight is 1040 g/mol. The Morgan fingerprint density at radius 1 is 0.479 bits per heavy atom. The molecule has 14 nitrogen and oxygen atoms in total. The lowest BCUT2D eigenvalue weighted by Gasteiger charge is -2.46. The summed E-state index contributed by atoms with van der Waals surface area (Å²) < 4.78 is 22.7. The van der Waals surface area contributed by atoms with Crippen molar-refractivity contribution in [1.29, 1.82) is 0 Å². The predicted molar refractivity (Wildman–Crippen MR) is 291 cm³/mol. The van der Waals surface area contributed by atoms with Gasteiger partial charge in [-0.25, -0.2) is 0 Å². The molecule has 0 aliphatic carbocycles. The third kappa shape index (κ3) is 31.5. The van der Waals surface area contributed by atoms with Crippen LogP contribution < -0.4 is 5.32 Å². The number of allylic oxidation sites excluding steroid dienone is 3. The number of rotatable bonds is 48. The summed E-state index contributed by atoms with van der Waals surface area (Å²) in [6.45, 7) is 2.74. The van der Waals surface area contributed by atoms with Gasteiger partial charge in [0.1, 0.15) is 48.8 Å². The highest BCUT2D eigenvalue weighted by Crippen LogP contribution is 2.30. The van der Waals surface area contributed by atoms with E-state index in [-0.39, 0.29) is 18.9 Å². The maximum absolute atomic E-state index is 13.2. The fourth-order valence-electron chi connectivity index (χ4n) is 10.0. The van der Waals surface area contributed by atoms with E-state index in [0.29, 0.717) is 6.42 Å². The Hall–Kier alpha value is -1.53. The second kappa shape index (κ2) is 45.5. The van der Waals surface area contributed by atoms with E-state index >= 15 is 0 Å². The summed E-state index contributed by atoms with van der Waals surface area (Å²) in [5.74, 6) is -0.250. The summed E-state index contributed by atoms with van der Waals surface area (Å²) in [7, 11) is 0. The van der Waals surface area contributed by atoms with Gasteiger partial charge in [-0.1, -0.05) is 231 Å². The number of aliphatic hydroxyl groups is 8. The van der Waals surface area contributed by atoms with Gasteiger partial charge in [-0.2, -0.15) is 0 Å². The van der Waals surface area contributed by atoms with Crippen molar-refractivity contribution in [2.75, 3.05) is 19.8 Å². The molecule has 430 valence electrons. The third-order valence-electron chi connectivity index (χ3n) is 14.9. The summed E-state index contributed by atoms with van der Waals surface area (Å²) in [6.07, 6.45) is 36.8. The van der Waals surface area contributed by atoms with Gasteiger partial charge in [0, 0.05) is 6.42 Å². The van der Waals surface area contributed by atoms with Crippen molar-refractivity contribution in [1.82, 2.24) is 5.32 Å². The quantitative estimate of drug-likeness (QED) is 0.0204. The van der Waals surface area contributed by atoms with Crippen molar-refractivity contribution >= 4 is 5.91 Å². The Morgan fingerprint density at radius 2 is 0.890 bits per heavy atom. The number of hydrogen-bond acceptors (Lipinski definition) is 13. The largest absolute Gasteiger partial charge is 0.394 e. The van der Waals surface area contributed by atoms with E-state index in [2.05, 4.69) is 31.3 Å². The van der Waals surface area contributed by atoms with Gasteiger partial charge in [-0.15, -0.1) is 0 Å². The van der Waals surface area contributed by atoms with Gasteiger partial charge in [0.25, 0.3) is 0 Å². The van der Waals surface area contributed by atoms with E-state index in [4.69, 9.17) is 18.9 Å². The number of carbonyl (C=O) groups is 1. The van der Waals surface area contributed by atoms with Crippen molar-refractivity contribution in [3.63, 3.8) is 0 Å². The van der Waals surface area contributed by atoms with Gasteiger partial charge in [0.2, 0.25) is 5.91 Å². The minimum atomic E-state index is -1.79. The maximum Gasteiger partial charge on any atom is 0.220 e. The smallest absolute Gasteiger partial charge is 0.220 e. The van der Waals surface area contributed by atoms with E-state index < -0.39 is 86.8 Å². The fraction of sp³-hybridized carbons (Fsp3) is 0.915. The second-order valence-electron chi connectivity index (χ2n) is 21.5. The molecule has 1 amide bonds. The Morgan fingerprint density at radius 3 is 1.36 bits per heavy atom. The SMILES string of the molecule is CCC/C=C\CCCCCCCC(=O)NC(COC1OC(CO)C(OC2OC(CO)C(O)C(O)C2O)C(O)C1O)C(O)/C=C/CCCCCCCCCCCCCCCCCCCCCCCCCCCCC. The fourth-order valence-corrected chi connectivity index (χ4v) is 10.0. The van der Waals surface area contributed by atoms with Gasteiger partial charge >= 0.3 is 0 Å². The molecule has 0 saturated carbocycles. The molecule has 14 heteroatoms. The number of hydrogen-bond donors (Lipinski definition) is 9. The van der Waals surface area contributed by atoms with Crippen LogP contribution >= 0.6 is 0 Å². The van der Waals surface area contributed by atoms with Crippen LogP contribution in [0.4, 0.5) is 0 Å². The number of amides is 1. The van der Waals surface area contributed by atoms with E-state index in [1.54, 1.807) is 6.08 Å². The zero-order valence-electron chi connectivity index (χ0n) is 46.1. The lowest BCUT2D eigenvalue weighted by molar-refractivity contribution is -0.359. The first-order chi connectivity index (χ1) is 35.6. The highest BCUT2D eigenvalue weighted by molar-refractivity contribution is 5.76.